The second-order valence-electron chi connectivity index (χ2n) is 8.27. The summed E-state index contributed by atoms with van der Waals surface area (Å²) in [5, 5.41) is 5.67. The minimum Gasteiger partial charge on any atom is -0.497 e. The molecule has 0 saturated carbocycles. The van der Waals surface area contributed by atoms with Gasteiger partial charge in [-0.3, -0.25) is 9.59 Å². The maximum absolute atomic E-state index is 12.8. The number of nitrogens with two attached hydrogens (primary N) is 1. The van der Waals surface area contributed by atoms with Gasteiger partial charge in [-0.15, -0.1) is 0 Å². The molecule has 0 saturated heterocycles. The molecule has 31 heavy (non-hydrogen) atoms. The summed E-state index contributed by atoms with van der Waals surface area (Å²) in [6.45, 7) is 6.35. The Balaban J connectivity index is 1.79. The Bertz CT molecular complexity index is 1080. The minimum absolute atomic E-state index is 0.00178. The molecular formula is C25H27N3O3. The first-order valence-corrected chi connectivity index (χ1v) is 9.94. The number of rotatable bonds is 5. The molecule has 0 spiro atoms. The van der Waals surface area contributed by atoms with Gasteiger partial charge in [-0.05, 0) is 65.6 Å². The van der Waals surface area contributed by atoms with Gasteiger partial charge < -0.3 is 21.1 Å². The van der Waals surface area contributed by atoms with Crippen LogP contribution in [0, 0.1) is 0 Å². The van der Waals surface area contributed by atoms with Gasteiger partial charge in [0.15, 0.2) is 0 Å². The van der Waals surface area contributed by atoms with Crippen LogP contribution < -0.4 is 21.1 Å². The molecule has 0 aliphatic carbocycles. The van der Waals surface area contributed by atoms with Gasteiger partial charge in [-0.2, -0.15) is 0 Å². The third-order valence-corrected chi connectivity index (χ3v) is 4.91. The molecule has 0 atom stereocenters. The van der Waals surface area contributed by atoms with Gasteiger partial charge in [0.2, 0.25) is 0 Å². The van der Waals surface area contributed by atoms with E-state index in [2.05, 4.69) is 31.4 Å². The van der Waals surface area contributed by atoms with Crippen molar-refractivity contribution >= 4 is 28.9 Å². The highest BCUT2D eigenvalue weighted by atomic mass is 16.5. The molecule has 0 aliphatic heterocycles. The zero-order valence-electron chi connectivity index (χ0n) is 18.2. The van der Waals surface area contributed by atoms with Gasteiger partial charge >= 0.3 is 0 Å². The summed E-state index contributed by atoms with van der Waals surface area (Å²) in [4.78, 5) is 25.4. The van der Waals surface area contributed by atoms with Crippen LogP contribution >= 0.6 is 0 Å². The molecule has 0 radical (unpaired) electrons. The van der Waals surface area contributed by atoms with E-state index in [1.165, 1.54) is 0 Å². The van der Waals surface area contributed by atoms with Crippen LogP contribution in [0.3, 0.4) is 0 Å². The van der Waals surface area contributed by atoms with Crippen molar-refractivity contribution in [1.82, 2.24) is 0 Å². The van der Waals surface area contributed by atoms with Crippen molar-refractivity contribution in [3.63, 3.8) is 0 Å². The fourth-order valence-electron chi connectivity index (χ4n) is 3.03. The van der Waals surface area contributed by atoms with E-state index in [-0.39, 0.29) is 17.2 Å². The van der Waals surface area contributed by atoms with Gasteiger partial charge in [0.05, 0.1) is 18.5 Å². The van der Waals surface area contributed by atoms with Crippen LogP contribution in [0.15, 0.2) is 66.7 Å². The molecule has 3 aromatic rings. The lowest BCUT2D eigenvalue weighted by atomic mass is 9.87. The molecule has 0 unspecified atom stereocenters. The summed E-state index contributed by atoms with van der Waals surface area (Å²) < 4.78 is 5.12. The zero-order valence-corrected chi connectivity index (χ0v) is 18.2. The van der Waals surface area contributed by atoms with E-state index in [9.17, 15) is 9.59 Å². The molecule has 160 valence electrons. The molecule has 6 nitrogen and oxygen atoms in total. The standard InChI is InChI=1S/C25H27N3O3/c1-25(2,3)18-9-5-16(6-10-18)24(30)28-22-15-19(26)11-14-21(22)27-23(29)17-7-12-20(31-4)13-8-17/h5-15H,26H2,1-4H3,(H,27,29)(H,28,30). The third kappa shape index (κ3) is 5.42. The quantitative estimate of drug-likeness (QED) is 0.505. The monoisotopic (exact) mass is 417 g/mol. The largest absolute Gasteiger partial charge is 0.497 e. The molecule has 3 aromatic carbocycles. The van der Waals surface area contributed by atoms with E-state index in [1.807, 2.05) is 12.1 Å². The van der Waals surface area contributed by atoms with Crippen LogP contribution in [0.5, 0.6) is 5.75 Å². The van der Waals surface area contributed by atoms with Crippen LogP contribution in [0.1, 0.15) is 47.1 Å². The zero-order chi connectivity index (χ0) is 22.6. The van der Waals surface area contributed by atoms with Crippen molar-refractivity contribution in [3.05, 3.63) is 83.4 Å². The SMILES string of the molecule is COc1ccc(C(=O)Nc2ccc(N)cc2NC(=O)c2ccc(C(C)(C)C)cc2)cc1. The summed E-state index contributed by atoms with van der Waals surface area (Å²) in [7, 11) is 1.56. The van der Waals surface area contributed by atoms with Crippen molar-refractivity contribution in [2.24, 2.45) is 0 Å². The fraction of sp³-hybridized carbons (Fsp3) is 0.200. The normalized spacial score (nSPS) is 11.0. The van der Waals surface area contributed by atoms with Crippen molar-refractivity contribution < 1.29 is 14.3 Å². The number of hydrogen-bond donors (Lipinski definition) is 3. The summed E-state index contributed by atoms with van der Waals surface area (Å²) in [6.07, 6.45) is 0. The Labute approximate surface area is 182 Å². The number of hydrogen-bond acceptors (Lipinski definition) is 4. The van der Waals surface area contributed by atoms with E-state index < -0.39 is 0 Å². The van der Waals surface area contributed by atoms with E-state index in [1.54, 1.807) is 61.7 Å². The number of nitrogen functional groups attached to an aromatic ring is 1. The molecule has 0 aliphatic rings. The average molecular weight is 418 g/mol. The molecule has 3 rings (SSSR count). The smallest absolute Gasteiger partial charge is 0.255 e. The van der Waals surface area contributed by atoms with E-state index in [0.717, 1.165) is 5.56 Å². The predicted molar refractivity (Wildman–Crippen MR) is 125 cm³/mol. The van der Waals surface area contributed by atoms with Gasteiger partial charge in [-0.25, -0.2) is 0 Å². The van der Waals surface area contributed by atoms with Crippen LogP contribution in [0.4, 0.5) is 17.1 Å². The van der Waals surface area contributed by atoms with Crippen molar-refractivity contribution in [1.29, 1.82) is 0 Å². The molecule has 0 fully saturated rings. The Morgan fingerprint density at radius 2 is 1.29 bits per heavy atom. The summed E-state index contributed by atoms with van der Waals surface area (Å²) in [5.74, 6) is 0.0675. The summed E-state index contributed by atoms with van der Waals surface area (Å²) in [6, 6.07) is 19.2. The number of nitrogens with one attached hydrogen (secondary N) is 2. The third-order valence-electron chi connectivity index (χ3n) is 4.91. The van der Waals surface area contributed by atoms with Crippen LogP contribution in [0.2, 0.25) is 0 Å². The number of anilines is 3. The van der Waals surface area contributed by atoms with Gasteiger partial charge in [0.1, 0.15) is 5.75 Å². The van der Waals surface area contributed by atoms with Crippen molar-refractivity contribution in [3.8, 4) is 5.75 Å². The van der Waals surface area contributed by atoms with Crippen LogP contribution in [0.25, 0.3) is 0 Å². The number of carbonyl (C=O) groups excluding carboxylic acids is 2. The highest BCUT2D eigenvalue weighted by Crippen LogP contribution is 2.27. The fourth-order valence-corrected chi connectivity index (χ4v) is 3.03. The van der Waals surface area contributed by atoms with Gasteiger partial charge in [0, 0.05) is 16.8 Å². The Morgan fingerprint density at radius 3 is 1.81 bits per heavy atom. The maximum Gasteiger partial charge on any atom is 0.255 e. The topological polar surface area (TPSA) is 93.4 Å². The summed E-state index contributed by atoms with van der Waals surface area (Å²) >= 11 is 0. The predicted octanol–water partition coefficient (Wildman–Crippen LogP) is 5.08. The first kappa shape index (κ1) is 21.9. The molecule has 0 aromatic heterocycles. The Kier molecular flexibility index (Phi) is 6.30. The molecule has 0 bridgehead atoms. The van der Waals surface area contributed by atoms with Crippen molar-refractivity contribution in [2.75, 3.05) is 23.5 Å². The van der Waals surface area contributed by atoms with Crippen molar-refractivity contribution in [2.45, 2.75) is 26.2 Å². The number of benzene rings is 3. The lowest BCUT2D eigenvalue weighted by Gasteiger charge is -2.19. The molecule has 0 heterocycles. The van der Waals surface area contributed by atoms with Gasteiger partial charge in [-0.1, -0.05) is 32.9 Å². The highest BCUT2D eigenvalue weighted by molar-refractivity contribution is 6.10. The number of ether oxygens (including phenoxy) is 1. The lowest BCUT2D eigenvalue weighted by Crippen LogP contribution is -2.17. The van der Waals surface area contributed by atoms with E-state index >= 15 is 0 Å². The first-order valence-electron chi connectivity index (χ1n) is 9.94. The summed E-state index contributed by atoms with van der Waals surface area (Å²) in [5.41, 5.74) is 9.38. The van der Waals surface area contributed by atoms with E-state index in [4.69, 9.17) is 10.5 Å². The molecular weight excluding hydrogens is 390 g/mol. The van der Waals surface area contributed by atoms with Gasteiger partial charge in [0.25, 0.3) is 11.8 Å². The first-order chi connectivity index (χ1) is 14.7. The van der Waals surface area contributed by atoms with E-state index in [0.29, 0.717) is 33.9 Å². The number of methoxy groups -OCH3 is 1. The Hall–Kier alpha value is -3.80. The van der Waals surface area contributed by atoms with Crippen LogP contribution in [-0.2, 0) is 5.41 Å². The molecule has 4 N–H and O–H groups in total. The molecule has 2 amide bonds. The number of amides is 2. The second-order valence-corrected chi connectivity index (χ2v) is 8.27. The maximum atomic E-state index is 12.8. The highest BCUT2D eigenvalue weighted by Gasteiger charge is 2.16. The minimum atomic E-state index is -0.308. The second kappa shape index (κ2) is 8.92. The average Bonchev–Trinajstić information content (AvgIpc) is 2.75. The lowest BCUT2D eigenvalue weighted by molar-refractivity contribution is 0.101. The number of carbonyl (C=O) groups is 2. The molecule has 6 heteroatoms. The van der Waals surface area contributed by atoms with Crippen LogP contribution in [-0.4, -0.2) is 18.9 Å². The Morgan fingerprint density at radius 1 is 0.774 bits per heavy atom.